The van der Waals surface area contributed by atoms with Gasteiger partial charge < -0.3 is 15.4 Å². The second-order valence-electron chi connectivity index (χ2n) is 6.26. The number of rotatable bonds is 6. The van der Waals surface area contributed by atoms with Crippen LogP contribution in [-0.2, 0) is 30.6 Å². The van der Waals surface area contributed by atoms with Crippen LogP contribution in [-0.4, -0.2) is 57.5 Å². The quantitative estimate of drug-likeness (QED) is 0.688. The van der Waals surface area contributed by atoms with E-state index in [2.05, 4.69) is 10.6 Å². The van der Waals surface area contributed by atoms with E-state index >= 15 is 0 Å². The molecule has 1 unspecified atom stereocenters. The smallest absolute Gasteiger partial charge is 0.328 e. The molecule has 1 amide bonds. The zero-order valence-corrected chi connectivity index (χ0v) is 15.3. The molecular formula is C17H24N2O5S. The van der Waals surface area contributed by atoms with E-state index in [1.54, 1.807) is 0 Å². The SMILES string of the molecule is COC(=O)C(Cc1ccccc1)NC(=O)C1(S(C)(=O)=O)CCNCC1. The lowest BCUT2D eigenvalue weighted by molar-refractivity contribution is -0.145. The highest BCUT2D eigenvalue weighted by Crippen LogP contribution is 2.28. The minimum Gasteiger partial charge on any atom is -0.467 e. The summed E-state index contributed by atoms with van der Waals surface area (Å²) in [6.07, 6.45) is 1.66. The van der Waals surface area contributed by atoms with E-state index in [-0.39, 0.29) is 19.3 Å². The Balaban J connectivity index is 2.24. The lowest BCUT2D eigenvalue weighted by atomic mass is 9.95. The zero-order valence-electron chi connectivity index (χ0n) is 14.4. The Morgan fingerprint density at radius 1 is 1.24 bits per heavy atom. The van der Waals surface area contributed by atoms with Crippen molar-refractivity contribution in [1.82, 2.24) is 10.6 Å². The maximum atomic E-state index is 12.9. The van der Waals surface area contributed by atoms with Crippen LogP contribution in [0.2, 0.25) is 0 Å². The molecule has 25 heavy (non-hydrogen) atoms. The van der Waals surface area contributed by atoms with Gasteiger partial charge in [-0.3, -0.25) is 4.79 Å². The maximum Gasteiger partial charge on any atom is 0.328 e. The zero-order chi connectivity index (χ0) is 18.5. The highest BCUT2D eigenvalue weighted by Gasteiger charge is 2.49. The van der Waals surface area contributed by atoms with Gasteiger partial charge in [0.15, 0.2) is 14.6 Å². The Kier molecular flexibility index (Phi) is 6.18. The van der Waals surface area contributed by atoms with Crippen LogP contribution in [0.5, 0.6) is 0 Å². The molecular weight excluding hydrogens is 344 g/mol. The van der Waals surface area contributed by atoms with Crippen molar-refractivity contribution in [3.63, 3.8) is 0 Å². The number of esters is 1. The fourth-order valence-electron chi connectivity index (χ4n) is 3.07. The first-order chi connectivity index (χ1) is 11.8. The van der Waals surface area contributed by atoms with Gasteiger partial charge in [0.25, 0.3) is 0 Å². The number of methoxy groups -OCH3 is 1. The molecule has 7 nitrogen and oxygen atoms in total. The lowest BCUT2D eigenvalue weighted by Crippen LogP contribution is -2.60. The van der Waals surface area contributed by atoms with Gasteiger partial charge >= 0.3 is 5.97 Å². The third-order valence-corrected chi connectivity index (χ3v) is 6.62. The van der Waals surface area contributed by atoms with Crippen LogP contribution in [0, 0.1) is 0 Å². The number of sulfone groups is 1. The van der Waals surface area contributed by atoms with Crippen molar-refractivity contribution in [1.29, 1.82) is 0 Å². The number of amides is 1. The third kappa shape index (κ3) is 4.38. The molecule has 0 bridgehead atoms. The third-order valence-electron chi connectivity index (χ3n) is 4.61. The van der Waals surface area contributed by atoms with E-state index < -0.39 is 32.5 Å². The molecule has 0 spiro atoms. The molecule has 2 rings (SSSR count). The first kappa shape index (κ1) is 19.4. The molecule has 0 aliphatic carbocycles. The van der Waals surface area contributed by atoms with Crippen molar-refractivity contribution in [2.24, 2.45) is 0 Å². The fourth-order valence-corrected chi connectivity index (χ4v) is 4.41. The predicted octanol–water partition coefficient (Wildman–Crippen LogP) is 0.0537. The molecule has 138 valence electrons. The summed E-state index contributed by atoms with van der Waals surface area (Å²) in [6, 6.07) is 8.24. The number of carbonyl (C=O) groups is 2. The topological polar surface area (TPSA) is 102 Å². The Bertz CT molecular complexity index is 712. The second kappa shape index (κ2) is 7.97. The van der Waals surface area contributed by atoms with Crippen LogP contribution in [0.25, 0.3) is 0 Å². The Labute approximate surface area is 148 Å². The van der Waals surface area contributed by atoms with Gasteiger partial charge in [0.05, 0.1) is 7.11 Å². The summed E-state index contributed by atoms with van der Waals surface area (Å²) in [6.45, 7) is 0.865. The van der Waals surface area contributed by atoms with Crippen molar-refractivity contribution in [3.8, 4) is 0 Å². The summed E-state index contributed by atoms with van der Waals surface area (Å²) in [7, 11) is -2.40. The van der Waals surface area contributed by atoms with Crippen molar-refractivity contribution in [2.75, 3.05) is 26.5 Å². The van der Waals surface area contributed by atoms with Crippen LogP contribution in [0.4, 0.5) is 0 Å². The standard InChI is InChI=1S/C17H24N2O5S/c1-24-15(20)14(12-13-6-4-3-5-7-13)19-16(21)17(25(2,22)23)8-10-18-11-9-17/h3-7,14,18H,8-12H2,1-2H3,(H,19,21). The van der Waals surface area contributed by atoms with Crippen molar-refractivity contribution >= 4 is 21.7 Å². The molecule has 1 aliphatic rings. The summed E-state index contributed by atoms with van der Waals surface area (Å²) in [5.41, 5.74) is 0.844. The maximum absolute atomic E-state index is 12.9. The molecule has 1 aromatic carbocycles. The van der Waals surface area contributed by atoms with Crippen LogP contribution < -0.4 is 10.6 Å². The summed E-state index contributed by atoms with van der Waals surface area (Å²) in [4.78, 5) is 25.0. The van der Waals surface area contributed by atoms with Gasteiger partial charge in [-0.15, -0.1) is 0 Å². The average Bonchev–Trinajstić information content (AvgIpc) is 2.61. The van der Waals surface area contributed by atoms with E-state index in [1.807, 2.05) is 30.3 Å². The minimum absolute atomic E-state index is 0.177. The Morgan fingerprint density at radius 2 is 1.84 bits per heavy atom. The van der Waals surface area contributed by atoms with Crippen molar-refractivity contribution < 1.29 is 22.7 Å². The van der Waals surface area contributed by atoms with E-state index in [0.717, 1.165) is 11.8 Å². The molecule has 0 aromatic heterocycles. The predicted molar refractivity (Wildman–Crippen MR) is 93.8 cm³/mol. The normalized spacial score (nSPS) is 18.2. The molecule has 8 heteroatoms. The molecule has 1 atom stereocenters. The lowest BCUT2D eigenvalue weighted by Gasteiger charge is -2.35. The number of hydrogen-bond acceptors (Lipinski definition) is 6. The van der Waals surface area contributed by atoms with E-state index in [0.29, 0.717) is 13.1 Å². The Hall–Kier alpha value is -1.93. The van der Waals surface area contributed by atoms with Gasteiger partial charge in [-0.25, -0.2) is 13.2 Å². The van der Waals surface area contributed by atoms with Crippen LogP contribution in [0.1, 0.15) is 18.4 Å². The van der Waals surface area contributed by atoms with Gasteiger partial charge in [0, 0.05) is 12.7 Å². The van der Waals surface area contributed by atoms with Crippen molar-refractivity contribution in [3.05, 3.63) is 35.9 Å². The Morgan fingerprint density at radius 3 is 2.36 bits per heavy atom. The number of ether oxygens (including phenoxy) is 1. The first-order valence-corrected chi connectivity index (χ1v) is 10.0. The number of hydrogen-bond donors (Lipinski definition) is 2. The molecule has 1 fully saturated rings. The summed E-state index contributed by atoms with van der Waals surface area (Å²) < 4.78 is 27.9. The largest absolute Gasteiger partial charge is 0.467 e. The molecule has 0 saturated carbocycles. The second-order valence-corrected chi connectivity index (χ2v) is 8.58. The number of nitrogens with one attached hydrogen (secondary N) is 2. The average molecular weight is 368 g/mol. The van der Waals surface area contributed by atoms with Crippen LogP contribution in [0.3, 0.4) is 0 Å². The first-order valence-electron chi connectivity index (χ1n) is 8.13. The summed E-state index contributed by atoms with van der Waals surface area (Å²) in [5, 5.41) is 5.67. The molecule has 2 N–H and O–H groups in total. The van der Waals surface area contributed by atoms with Gasteiger partial charge in [0.2, 0.25) is 5.91 Å². The summed E-state index contributed by atoms with van der Waals surface area (Å²) in [5.74, 6) is -1.24. The molecule has 1 aromatic rings. The van der Waals surface area contributed by atoms with Crippen molar-refractivity contribution in [2.45, 2.75) is 30.1 Å². The fraction of sp³-hybridized carbons (Fsp3) is 0.529. The van der Waals surface area contributed by atoms with Gasteiger partial charge in [-0.05, 0) is 31.5 Å². The summed E-state index contributed by atoms with van der Waals surface area (Å²) >= 11 is 0. The molecule has 1 saturated heterocycles. The molecule has 1 heterocycles. The van der Waals surface area contributed by atoms with Gasteiger partial charge in [0.1, 0.15) is 6.04 Å². The highest BCUT2D eigenvalue weighted by molar-refractivity contribution is 7.92. The van der Waals surface area contributed by atoms with Gasteiger partial charge in [-0.1, -0.05) is 30.3 Å². The monoisotopic (exact) mass is 368 g/mol. The van der Waals surface area contributed by atoms with E-state index in [4.69, 9.17) is 4.74 Å². The minimum atomic E-state index is -3.64. The van der Waals surface area contributed by atoms with Crippen LogP contribution >= 0.6 is 0 Å². The number of piperidine rings is 1. The van der Waals surface area contributed by atoms with E-state index in [1.165, 1.54) is 7.11 Å². The van der Waals surface area contributed by atoms with E-state index in [9.17, 15) is 18.0 Å². The van der Waals surface area contributed by atoms with Gasteiger partial charge in [-0.2, -0.15) is 0 Å². The highest BCUT2D eigenvalue weighted by atomic mass is 32.2. The molecule has 1 aliphatic heterocycles. The molecule has 0 radical (unpaired) electrons. The van der Waals surface area contributed by atoms with Crippen LogP contribution in [0.15, 0.2) is 30.3 Å². The number of carbonyl (C=O) groups excluding carboxylic acids is 2. The number of benzene rings is 1.